The first-order valence-electron chi connectivity index (χ1n) is 5.80. The Balaban J connectivity index is 4.42. The van der Waals surface area contributed by atoms with Gasteiger partial charge in [0.1, 0.15) is 0 Å². The summed E-state index contributed by atoms with van der Waals surface area (Å²) in [6.07, 6.45) is -2.15. The van der Waals surface area contributed by atoms with Crippen molar-refractivity contribution in [1.82, 2.24) is 4.90 Å². The minimum atomic E-state index is -2.47. The lowest BCUT2D eigenvalue weighted by Gasteiger charge is -2.29. The Morgan fingerprint density at radius 1 is 1.35 bits per heavy atom. The quantitative estimate of drug-likeness (QED) is 0.687. The van der Waals surface area contributed by atoms with Gasteiger partial charge in [0.05, 0.1) is 6.54 Å². The first-order chi connectivity index (χ1) is 7.68. The maximum atomic E-state index is 12.3. The molecular weight excluding hydrogens is 292 g/mol. The third kappa shape index (κ3) is 6.96. The molecule has 17 heavy (non-hydrogen) atoms. The standard InChI is InChI=1S/C12H22BrF2NO/c1-9(12(2,3)4)7-11(17)16(6-5-13)8-10(14)15/h9-10H,5-8H2,1-4H3. The van der Waals surface area contributed by atoms with E-state index in [0.717, 1.165) is 0 Å². The molecule has 0 aromatic carbocycles. The van der Waals surface area contributed by atoms with Gasteiger partial charge in [-0.3, -0.25) is 4.79 Å². The maximum absolute atomic E-state index is 12.3. The molecule has 1 amide bonds. The highest BCUT2D eigenvalue weighted by atomic mass is 79.9. The van der Waals surface area contributed by atoms with Crippen LogP contribution in [0.25, 0.3) is 0 Å². The number of hydrogen-bond acceptors (Lipinski definition) is 1. The molecule has 5 heteroatoms. The molecule has 0 radical (unpaired) electrons. The predicted molar refractivity (Wildman–Crippen MR) is 69.6 cm³/mol. The zero-order valence-corrected chi connectivity index (χ0v) is 12.6. The summed E-state index contributed by atoms with van der Waals surface area (Å²) in [7, 11) is 0. The summed E-state index contributed by atoms with van der Waals surface area (Å²) in [6.45, 7) is 7.99. The van der Waals surface area contributed by atoms with E-state index in [1.165, 1.54) is 4.90 Å². The van der Waals surface area contributed by atoms with E-state index in [-0.39, 0.29) is 17.2 Å². The molecule has 0 aliphatic rings. The molecule has 102 valence electrons. The minimum Gasteiger partial charge on any atom is -0.336 e. The first-order valence-corrected chi connectivity index (χ1v) is 6.92. The molecule has 1 atom stereocenters. The van der Waals surface area contributed by atoms with Crippen LogP contribution >= 0.6 is 15.9 Å². The van der Waals surface area contributed by atoms with Gasteiger partial charge in [0.25, 0.3) is 6.43 Å². The summed E-state index contributed by atoms with van der Waals surface area (Å²) in [6, 6.07) is 0. The van der Waals surface area contributed by atoms with E-state index in [1.807, 2.05) is 27.7 Å². The summed E-state index contributed by atoms with van der Waals surface area (Å²) in [5.74, 6) is -0.0160. The third-order valence-corrected chi connectivity index (χ3v) is 3.38. The van der Waals surface area contributed by atoms with Gasteiger partial charge in [-0.2, -0.15) is 0 Å². The van der Waals surface area contributed by atoms with Gasteiger partial charge in [-0.1, -0.05) is 43.6 Å². The van der Waals surface area contributed by atoms with E-state index >= 15 is 0 Å². The van der Waals surface area contributed by atoms with Crippen LogP contribution in [0.1, 0.15) is 34.1 Å². The maximum Gasteiger partial charge on any atom is 0.255 e. The Morgan fingerprint density at radius 2 is 1.88 bits per heavy atom. The van der Waals surface area contributed by atoms with Crippen LogP contribution in [0.2, 0.25) is 0 Å². The van der Waals surface area contributed by atoms with Crippen LogP contribution in [0.4, 0.5) is 8.78 Å². The molecule has 0 spiro atoms. The fourth-order valence-electron chi connectivity index (χ4n) is 1.28. The normalized spacial score (nSPS) is 13.9. The number of carbonyl (C=O) groups is 1. The summed E-state index contributed by atoms with van der Waals surface area (Å²) in [4.78, 5) is 13.1. The van der Waals surface area contributed by atoms with Crippen LogP contribution in [0.3, 0.4) is 0 Å². The fourth-order valence-corrected chi connectivity index (χ4v) is 1.71. The summed E-state index contributed by atoms with van der Waals surface area (Å²) in [5, 5.41) is 0.523. The molecule has 0 rings (SSSR count). The lowest BCUT2D eigenvalue weighted by molar-refractivity contribution is -0.134. The number of hydrogen-bond donors (Lipinski definition) is 0. The van der Waals surface area contributed by atoms with Gasteiger partial charge in [-0.15, -0.1) is 0 Å². The monoisotopic (exact) mass is 313 g/mol. The zero-order chi connectivity index (χ0) is 13.6. The SMILES string of the molecule is CC(CC(=O)N(CCBr)CC(F)F)C(C)(C)C. The molecule has 0 saturated carbocycles. The van der Waals surface area contributed by atoms with Crippen molar-refractivity contribution in [3.63, 3.8) is 0 Å². The van der Waals surface area contributed by atoms with Gasteiger partial charge in [0.2, 0.25) is 5.91 Å². The second kappa shape index (κ2) is 7.29. The molecule has 0 N–H and O–H groups in total. The molecule has 1 unspecified atom stereocenters. The molecular formula is C12H22BrF2NO. The molecule has 0 aliphatic carbocycles. The Labute approximate surface area is 111 Å². The van der Waals surface area contributed by atoms with Crippen LogP contribution in [0.15, 0.2) is 0 Å². The second-order valence-corrected chi connectivity index (χ2v) is 6.18. The van der Waals surface area contributed by atoms with Gasteiger partial charge < -0.3 is 4.90 Å². The molecule has 0 fully saturated rings. The van der Waals surface area contributed by atoms with Crippen molar-refractivity contribution in [2.45, 2.75) is 40.5 Å². The average Bonchev–Trinajstić information content (AvgIpc) is 2.14. The van der Waals surface area contributed by atoms with Crippen molar-refractivity contribution >= 4 is 21.8 Å². The second-order valence-electron chi connectivity index (χ2n) is 5.39. The van der Waals surface area contributed by atoms with E-state index in [1.54, 1.807) is 0 Å². The molecule has 2 nitrogen and oxygen atoms in total. The topological polar surface area (TPSA) is 20.3 Å². The zero-order valence-electron chi connectivity index (χ0n) is 11.0. The average molecular weight is 314 g/mol. The third-order valence-electron chi connectivity index (χ3n) is 3.02. The number of nitrogens with zero attached hydrogens (tertiary/aromatic N) is 1. The van der Waals surface area contributed by atoms with Gasteiger partial charge in [0.15, 0.2) is 0 Å². The number of carbonyl (C=O) groups excluding carboxylic acids is 1. The van der Waals surface area contributed by atoms with Gasteiger partial charge in [-0.05, 0) is 11.3 Å². The number of alkyl halides is 3. The minimum absolute atomic E-state index is 0.0144. The van der Waals surface area contributed by atoms with Crippen molar-refractivity contribution in [2.75, 3.05) is 18.4 Å². The van der Waals surface area contributed by atoms with E-state index in [0.29, 0.717) is 18.3 Å². The van der Waals surface area contributed by atoms with Gasteiger partial charge >= 0.3 is 0 Å². The molecule has 0 aromatic rings. The number of amides is 1. The summed E-state index contributed by atoms with van der Waals surface area (Å²) in [5.41, 5.74) is 0.0144. The first kappa shape index (κ1) is 16.8. The van der Waals surface area contributed by atoms with E-state index in [2.05, 4.69) is 15.9 Å². The Kier molecular flexibility index (Phi) is 7.21. The Hall–Kier alpha value is -0.190. The van der Waals surface area contributed by atoms with E-state index in [9.17, 15) is 13.6 Å². The highest BCUT2D eigenvalue weighted by Gasteiger charge is 2.26. The summed E-state index contributed by atoms with van der Waals surface area (Å²) >= 11 is 3.18. The molecule has 0 bridgehead atoms. The van der Waals surface area contributed by atoms with Crippen molar-refractivity contribution in [2.24, 2.45) is 11.3 Å². The van der Waals surface area contributed by atoms with E-state index in [4.69, 9.17) is 0 Å². The molecule has 0 aliphatic heterocycles. The van der Waals surface area contributed by atoms with Crippen LogP contribution < -0.4 is 0 Å². The lowest BCUT2D eigenvalue weighted by atomic mass is 9.80. The van der Waals surface area contributed by atoms with Crippen molar-refractivity contribution in [1.29, 1.82) is 0 Å². The predicted octanol–water partition coefficient (Wildman–Crippen LogP) is 3.55. The van der Waals surface area contributed by atoms with Gasteiger partial charge in [-0.25, -0.2) is 8.78 Å². The molecule has 0 saturated heterocycles. The van der Waals surface area contributed by atoms with Crippen LogP contribution in [-0.4, -0.2) is 35.7 Å². The largest absolute Gasteiger partial charge is 0.336 e. The van der Waals surface area contributed by atoms with Crippen molar-refractivity contribution in [3.8, 4) is 0 Å². The van der Waals surface area contributed by atoms with Crippen molar-refractivity contribution < 1.29 is 13.6 Å². The molecule has 0 heterocycles. The molecule has 0 aromatic heterocycles. The smallest absolute Gasteiger partial charge is 0.255 e. The fraction of sp³-hybridized carbons (Fsp3) is 0.917. The highest BCUT2D eigenvalue weighted by Crippen LogP contribution is 2.28. The number of rotatable bonds is 6. The number of halogens is 3. The summed E-state index contributed by atoms with van der Waals surface area (Å²) < 4.78 is 24.7. The Bertz CT molecular complexity index is 241. The van der Waals surface area contributed by atoms with Crippen LogP contribution in [0.5, 0.6) is 0 Å². The van der Waals surface area contributed by atoms with Crippen LogP contribution in [0, 0.1) is 11.3 Å². The van der Waals surface area contributed by atoms with Crippen LogP contribution in [-0.2, 0) is 4.79 Å². The highest BCUT2D eigenvalue weighted by molar-refractivity contribution is 9.09. The Morgan fingerprint density at radius 3 is 2.24 bits per heavy atom. The van der Waals surface area contributed by atoms with Crippen molar-refractivity contribution in [3.05, 3.63) is 0 Å². The van der Waals surface area contributed by atoms with Gasteiger partial charge in [0, 0.05) is 18.3 Å². The van der Waals surface area contributed by atoms with E-state index < -0.39 is 13.0 Å². The lowest BCUT2D eigenvalue weighted by Crippen LogP contribution is -2.38.